The number of halogens is 4. The number of anilines is 1. The summed E-state index contributed by atoms with van der Waals surface area (Å²) in [5, 5.41) is 6.08. The lowest BCUT2D eigenvalue weighted by Crippen LogP contribution is -2.30. The normalized spacial score (nSPS) is 15.3. The Balaban J connectivity index is 1.51. The molecule has 6 nitrogen and oxygen atoms in total. The smallest absolute Gasteiger partial charge is 0.336 e. The summed E-state index contributed by atoms with van der Waals surface area (Å²) in [6, 6.07) is 9.67. The van der Waals surface area contributed by atoms with Crippen LogP contribution in [0.1, 0.15) is 17.5 Å². The maximum Gasteiger partial charge on any atom is 0.437 e. The van der Waals surface area contributed by atoms with Crippen LogP contribution in [0.2, 0.25) is 0 Å². The van der Waals surface area contributed by atoms with Crippen LogP contribution in [0.4, 0.5) is 28.0 Å². The van der Waals surface area contributed by atoms with Gasteiger partial charge in [-0.3, -0.25) is 14.9 Å². The lowest BCUT2D eigenvalue weighted by molar-refractivity contribution is -0.137. The minimum Gasteiger partial charge on any atom is -0.336 e. The first kappa shape index (κ1) is 21.3. The molecule has 3 rings (SSSR count). The van der Waals surface area contributed by atoms with E-state index in [9.17, 15) is 27.2 Å². The van der Waals surface area contributed by atoms with Gasteiger partial charge in [-0.05, 0) is 35.9 Å². The molecule has 0 aromatic heterocycles. The summed E-state index contributed by atoms with van der Waals surface area (Å²) in [5.41, 5.74) is 0.222. The molecule has 1 saturated heterocycles. The van der Waals surface area contributed by atoms with Crippen molar-refractivity contribution in [2.45, 2.75) is 19.0 Å². The average Bonchev–Trinajstić information content (AvgIpc) is 3.17. The summed E-state index contributed by atoms with van der Waals surface area (Å²) in [5.74, 6) is -0.801. The molecule has 0 atom stereocenters. The second-order valence-electron chi connectivity index (χ2n) is 6.61. The number of oxime groups is 1. The molecule has 0 unspecified atom stereocenters. The molecular formula is C20H17F4N3O3. The maximum atomic E-state index is 12.8. The Hall–Kier alpha value is -3.43. The number of alkyl halides is 3. The standard InChI is InChI=1S/C20H17F4N3O3/c21-15-4-6-16(7-5-15)25-19(29)30-26-17-8-9-27(12-17)18(28)11-13-2-1-3-14(10-13)20(22,23)24/h1-7,10H,8-9,11-12H2,(H,25,29)/b26-17+. The Morgan fingerprint density at radius 2 is 1.87 bits per heavy atom. The molecule has 0 saturated carbocycles. The molecule has 0 bridgehead atoms. The van der Waals surface area contributed by atoms with Crippen molar-refractivity contribution in [3.8, 4) is 0 Å². The van der Waals surface area contributed by atoms with E-state index in [0.717, 1.165) is 12.1 Å². The second kappa shape index (κ2) is 8.93. The van der Waals surface area contributed by atoms with Gasteiger partial charge in [0.25, 0.3) is 0 Å². The van der Waals surface area contributed by atoms with Gasteiger partial charge in [-0.15, -0.1) is 0 Å². The van der Waals surface area contributed by atoms with Gasteiger partial charge in [-0.2, -0.15) is 13.2 Å². The third-order valence-corrected chi connectivity index (χ3v) is 4.35. The number of nitrogens with zero attached hydrogens (tertiary/aromatic N) is 2. The topological polar surface area (TPSA) is 71.0 Å². The Morgan fingerprint density at radius 1 is 1.13 bits per heavy atom. The third-order valence-electron chi connectivity index (χ3n) is 4.35. The van der Waals surface area contributed by atoms with Crippen molar-refractivity contribution in [1.29, 1.82) is 0 Å². The van der Waals surface area contributed by atoms with E-state index in [1.807, 2.05) is 0 Å². The Kier molecular flexibility index (Phi) is 6.34. The van der Waals surface area contributed by atoms with Gasteiger partial charge in [-0.25, -0.2) is 9.18 Å². The van der Waals surface area contributed by atoms with Crippen LogP contribution in [0.25, 0.3) is 0 Å². The number of nitrogens with one attached hydrogen (secondary N) is 1. The lowest BCUT2D eigenvalue weighted by atomic mass is 10.1. The zero-order chi connectivity index (χ0) is 21.7. The molecule has 1 fully saturated rings. The highest BCUT2D eigenvalue weighted by molar-refractivity contribution is 5.94. The Morgan fingerprint density at radius 3 is 2.57 bits per heavy atom. The van der Waals surface area contributed by atoms with E-state index in [0.29, 0.717) is 24.4 Å². The van der Waals surface area contributed by atoms with Crippen LogP contribution >= 0.6 is 0 Å². The van der Waals surface area contributed by atoms with E-state index in [-0.39, 0.29) is 24.4 Å². The van der Waals surface area contributed by atoms with E-state index in [1.54, 1.807) is 0 Å². The van der Waals surface area contributed by atoms with Crippen LogP contribution in [0.15, 0.2) is 53.7 Å². The van der Waals surface area contributed by atoms with Crippen LogP contribution in [0, 0.1) is 5.82 Å². The number of hydrogen-bond donors (Lipinski definition) is 1. The highest BCUT2D eigenvalue weighted by Gasteiger charge is 2.31. The van der Waals surface area contributed by atoms with Crippen molar-refractivity contribution in [3.05, 3.63) is 65.5 Å². The van der Waals surface area contributed by atoms with Crippen LogP contribution in [-0.4, -0.2) is 35.7 Å². The molecule has 1 aliphatic heterocycles. The average molecular weight is 423 g/mol. The van der Waals surface area contributed by atoms with Crippen molar-refractivity contribution >= 4 is 23.4 Å². The van der Waals surface area contributed by atoms with Crippen LogP contribution in [0.5, 0.6) is 0 Å². The van der Waals surface area contributed by atoms with E-state index >= 15 is 0 Å². The number of carbonyl (C=O) groups is 2. The molecule has 0 radical (unpaired) electrons. The van der Waals surface area contributed by atoms with Crippen LogP contribution < -0.4 is 5.32 Å². The predicted molar refractivity (Wildman–Crippen MR) is 100 cm³/mol. The highest BCUT2D eigenvalue weighted by Crippen LogP contribution is 2.29. The molecule has 30 heavy (non-hydrogen) atoms. The summed E-state index contributed by atoms with van der Waals surface area (Å²) in [7, 11) is 0. The Labute approximate surface area is 169 Å². The summed E-state index contributed by atoms with van der Waals surface area (Å²) >= 11 is 0. The van der Waals surface area contributed by atoms with Crippen LogP contribution in [-0.2, 0) is 22.2 Å². The predicted octanol–water partition coefficient (Wildman–Crippen LogP) is 4.22. The molecule has 10 heteroatoms. The molecule has 158 valence electrons. The number of hydrogen-bond acceptors (Lipinski definition) is 4. The van der Waals surface area contributed by atoms with Gasteiger partial charge in [0.2, 0.25) is 5.91 Å². The zero-order valence-corrected chi connectivity index (χ0v) is 15.6. The molecule has 2 amide bonds. The number of carbonyl (C=O) groups excluding carboxylic acids is 2. The quantitative estimate of drug-likeness (QED) is 0.455. The maximum absolute atomic E-state index is 12.8. The van der Waals surface area contributed by atoms with E-state index in [1.165, 1.54) is 41.3 Å². The molecule has 0 aliphatic carbocycles. The van der Waals surface area contributed by atoms with Gasteiger partial charge in [0.05, 0.1) is 24.2 Å². The fourth-order valence-electron chi connectivity index (χ4n) is 2.85. The van der Waals surface area contributed by atoms with E-state index < -0.39 is 23.7 Å². The summed E-state index contributed by atoms with van der Waals surface area (Å²) in [6.45, 7) is 0.432. The first-order valence-corrected chi connectivity index (χ1v) is 8.94. The second-order valence-corrected chi connectivity index (χ2v) is 6.61. The molecular weight excluding hydrogens is 406 g/mol. The number of amides is 2. The van der Waals surface area contributed by atoms with Gasteiger partial charge in [0, 0.05) is 18.7 Å². The van der Waals surface area contributed by atoms with Crippen molar-refractivity contribution < 1.29 is 32.0 Å². The summed E-state index contributed by atoms with van der Waals surface area (Å²) < 4.78 is 51.2. The molecule has 1 aliphatic rings. The first-order chi connectivity index (χ1) is 14.2. The van der Waals surface area contributed by atoms with E-state index in [4.69, 9.17) is 4.84 Å². The molecule has 2 aromatic rings. The molecule has 1 heterocycles. The van der Waals surface area contributed by atoms with Crippen molar-refractivity contribution in [3.63, 3.8) is 0 Å². The first-order valence-electron chi connectivity index (χ1n) is 8.94. The highest BCUT2D eigenvalue weighted by atomic mass is 19.4. The molecule has 1 N–H and O–H groups in total. The number of likely N-dealkylation sites (tertiary alicyclic amines) is 1. The van der Waals surface area contributed by atoms with Gasteiger partial charge in [-0.1, -0.05) is 23.4 Å². The molecule has 0 spiro atoms. The largest absolute Gasteiger partial charge is 0.437 e. The Bertz CT molecular complexity index is 959. The van der Waals surface area contributed by atoms with E-state index in [2.05, 4.69) is 10.5 Å². The minimum absolute atomic E-state index is 0.113. The van der Waals surface area contributed by atoms with Gasteiger partial charge >= 0.3 is 12.3 Å². The number of benzene rings is 2. The SMILES string of the molecule is O=C(Nc1ccc(F)cc1)O/N=C1\CCN(C(=O)Cc2cccc(C(F)(F)F)c2)C1. The monoisotopic (exact) mass is 423 g/mol. The fourth-order valence-corrected chi connectivity index (χ4v) is 2.85. The van der Waals surface area contributed by atoms with Crippen LogP contribution in [0.3, 0.4) is 0 Å². The summed E-state index contributed by atoms with van der Waals surface area (Å²) in [6.07, 6.45) is -5.15. The zero-order valence-electron chi connectivity index (χ0n) is 15.6. The van der Waals surface area contributed by atoms with Crippen molar-refractivity contribution in [1.82, 2.24) is 4.90 Å². The number of rotatable bonds is 4. The van der Waals surface area contributed by atoms with Crippen molar-refractivity contribution in [2.75, 3.05) is 18.4 Å². The van der Waals surface area contributed by atoms with Crippen molar-refractivity contribution in [2.24, 2.45) is 5.16 Å². The summed E-state index contributed by atoms with van der Waals surface area (Å²) in [4.78, 5) is 30.3. The van der Waals surface area contributed by atoms with Gasteiger partial charge < -0.3 is 4.90 Å². The fraction of sp³-hybridized carbons (Fsp3) is 0.250. The third kappa shape index (κ3) is 5.79. The lowest BCUT2D eigenvalue weighted by Gasteiger charge is -2.15. The minimum atomic E-state index is -4.47. The van der Waals surface area contributed by atoms with Gasteiger partial charge in [0.15, 0.2) is 0 Å². The van der Waals surface area contributed by atoms with Gasteiger partial charge in [0.1, 0.15) is 5.82 Å². The molecule has 2 aromatic carbocycles.